The van der Waals surface area contributed by atoms with E-state index >= 15 is 0 Å². The number of carbonyl (C=O) groups excluding carboxylic acids is 2. The van der Waals surface area contributed by atoms with E-state index in [1.165, 1.54) is 6.07 Å². The minimum Gasteiger partial charge on any atom is -0.366 e. The second-order valence-corrected chi connectivity index (χ2v) is 8.93. The molecule has 0 atom stereocenters. The average Bonchev–Trinajstić information content (AvgIpc) is 2.86. The molecule has 180 valence electrons. The van der Waals surface area contributed by atoms with E-state index in [0.29, 0.717) is 28.5 Å². The van der Waals surface area contributed by atoms with E-state index in [1.807, 2.05) is 17.9 Å². The van der Waals surface area contributed by atoms with Gasteiger partial charge in [-0.2, -0.15) is 0 Å². The second kappa shape index (κ2) is 10.4. The smallest absolute Gasteiger partial charge is 0.293 e. The number of hydrogen-bond donors (Lipinski definition) is 2. The summed E-state index contributed by atoms with van der Waals surface area (Å²) >= 11 is 0. The monoisotopic (exact) mass is 472 g/mol. The molecule has 8 nitrogen and oxygen atoms in total. The van der Waals surface area contributed by atoms with Crippen molar-refractivity contribution >= 4 is 34.6 Å². The number of anilines is 3. The Hall–Kier alpha value is -4.20. The van der Waals surface area contributed by atoms with Gasteiger partial charge in [-0.1, -0.05) is 25.1 Å². The van der Waals surface area contributed by atoms with Gasteiger partial charge < -0.3 is 15.5 Å². The molecular weight excluding hydrogens is 444 g/mol. The first-order valence-corrected chi connectivity index (χ1v) is 11.6. The van der Waals surface area contributed by atoms with Crippen molar-refractivity contribution in [1.29, 1.82) is 0 Å². The summed E-state index contributed by atoms with van der Waals surface area (Å²) in [5.74, 6) is -0.0507. The molecule has 1 aliphatic heterocycles. The summed E-state index contributed by atoms with van der Waals surface area (Å²) in [6, 6.07) is 18.7. The number of amides is 2. The number of hydrogen-bond acceptors (Lipinski definition) is 5. The number of nitrogens with one attached hydrogen (secondary N) is 2. The number of nitro benzene ring substituents is 1. The highest BCUT2D eigenvalue weighted by Gasteiger charge is 2.25. The lowest BCUT2D eigenvalue weighted by molar-refractivity contribution is -0.384. The molecule has 3 aromatic rings. The Morgan fingerprint density at radius 3 is 2.26 bits per heavy atom. The molecule has 4 rings (SSSR count). The first kappa shape index (κ1) is 23.9. The Morgan fingerprint density at radius 2 is 1.60 bits per heavy atom. The Labute approximate surface area is 204 Å². The van der Waals surface area contributed by atoms with E-state index < -0.39 is 10.8 Å². The fourth-order valence-corrected chi connectivity index (χ4v) is 4.20. The highest BCUT2D eigenvalue weighted by molar-refractivity contribution is 6.06. The minimum atomic E-state index is -0.438. The Morgan fingerprint density at radius 1 is 0.914 bits per heavy atom. The maximum Gasteiger partial charge on any atom is 0.293 e. The lowest BCUT2D eigenvalue weighted by atomic mass is 9.98. The van der Waals surface area contributed by atoms with E-state index in [9.17, 15) is 19.7 Å². The van der Waals surface area contributed by atoms with Crippen LogP contribution in [-0.2, 0) is 0 Å². The van der Waals surface area contributed by atoms with Gasteiger partial charge in [0.15, 0.2) is 0 Å². The third kappa shape index (κ3) is 5.66. The van der Waals surface area contributed by atoms with Crippen LogP contribution in [0.1, 0.15) is 46.0 Å². The summed E-state index contributed by atoms with van der Waals surface area (Å²) in [5, 5.41) is 17.4. The van der Waals surface area contributed by atoms with Crippen molar-refractivity contribution in [2.45, 2.75) is 26.7 Å². The minimum absolute atomic E-state index is 0.0673. The first-order valence-electron chi connectivity index (χ1n) is 11.6. The number of carbonyl (C=O) groups is 2. The van der Waals surface area contributed by atoms with Crippen molar-refractivity contribution < 1.29 is 14.5 Å². The van der Waals surface area contributed by atoms with E-state index in [0.717, 1.165) is 31.5 Å². The van der Waals surface area contributed by atoms with Gasteiger partial charge in [-0.05, 0) is 73.7 Å². The molecule has 35 heavy (non-hydrogen) atoms. The van der Waals surface area contributed by atoms with Gasteiger partial charge in [0.25, 0.3) is 17.5 Å². The van der Waals surface area contributed by atoms with E-state index in [2.05, 4.69) is 17.6 Å². The van der Waals surface area contributed by atoms with Crippen LogP contribution in [0.3, 0.4) is 0 Å². The van der Waals surface area contributed by atoms with Gasteiger partial charge in [0, 0.05) is 41.7 Å². The van der Waals surface area contributed by atoms with E-state index in [1.54, 1.807) is 54.6 Å². The zero-order valence-electron chi connectivity index (χ0n) is 19.8. The topological polar surface area (TPSA) is 105 Å². The first-order chi connectivity index (χ1) is 16.8. The largest absolute Gasteiger partial charge is 0.366 e. The number of nitrogens with zero attached hydrogens (tertiary/aromatic N) is 2. The molecule has 0 spiro atoms. The van der Waals surface area contributed by atoms with E-state index in [4.69, 9.17) is 0 Å². The Kier molecular flexibility index (Phi) is 7.10. The lowest BCUT2D eigenvalue weighted by Crippen LogP contribution is -2.33. The van der Waals surface area contributed by atoms with Crippen molar-refractivity contribution in [1.82, 2.24) is 0 Å². The third-order valence-corrected chi connectivity index (χ3v) is 6.33. The molecule has 3 aromatic carbocycles. The molecule has 0 radical (unpaired) electrons. The van der Waals surface area contributed by atoms with Gasteiger partial charge in [-0.15, -0.1) is 0 Å². The van der Waals surface area contributed by atoms with E-state index in [-0.39, 0.29) is 17.2 Å². The summed E-state index contributed by atoms with van der Waals surface area (Å²) in [7, 11) is 0. The zero-order valence-corrected chi connectivity index (χ0v) is 19.8. The van der Waals surface area contributed by atoms with Crippen molar-refractivity contribution in [3.63, 3.8) is 0 Å². The van der Waals surface area contributed by atoms with Crippen LogP contribution in [0.2, 0.25) is 0 Å². The molecule has 8 heteroatoms. The molecule has 0 aliphatic carbocycles. The van der Waals surface area contributed by atoms with Crippen molar-refractivity contribution in [2.24, 2.45) is 5.92 Å². The van der Waals surface area contributed by atoms with Gasteiger partial charge in [0.05, 0.1) is 4.92 Å². The number of nitro groups is 1. The number of benzene rings is 3. The Balaban J connectivity index is 1.47. The quantitative estimate of drug-likeness (QED) is 0.357. The van der Waals surface area contributed by atoms with Crippen molar-refractivity contribution in [3.8, 4) is 0 Å². The predicted octanol–water partition coefficient (Wildman–Crippen LogP) is 5.64. The normalized spacial score (nSPS) is 13.8. The standard InChI is InChI=1S/C27H28N4O4/c1-18-12-14-30(15-13-18)24-11-8-21(17-25(24)31(34)35)27(33)28-22-9-10-23(19(2)16-22)29-26(32)20-6-4-3-5-7-20/h3-11,16-18H,12-15H2,1-2H3,(H,28,33)(H,29,32). The van der Waals surface area contributed by atoms with Crippen LogP contribution in [0.15, 0.2) is 66.7 Å². The van der Waals surface area contributed by atoms with Crippen LogP contribution in [-0.4, -0.2) is 29.8 Å². The van der Waals surface area contributed by atoms with Gasteiger partial charge >= 0.3 is 0 Å². The van der Waals surface area contributed by atoms with Gasteiger partial charge in [0.2, 0.25) is 0 Å². The summed E-state index contributed by atoms with van der Waals surface area (Å²) in [4.78, 5) is 38.6. The zero-order chi connectivity index (χ0) is 24.9. The molecule has 1 heterocycles. The summed E-state index contributed by atoms with van der Waals surface area (Å²) in [6.07, 6.45) is 1.97. The molecule has 2 N–H and O–H groups in total. The van der Waals surface area contributed by atoms with Crippen LogP contribution in [0.4, 0.5) is 22.7 Å². The summed E-state index contributed by atoms with van der Waals surface area (Å²) < 4.78 is 0. The van der Waals surface area contributed by atoms with Crippen LogP contribution in [0.25, 0.3) is 0 Å². The molecule has 0 bridgehead atoms. The van der Waals surface area contributed by atoms with Crippen molar-refractivity contribution in [3.05, 3.63) is 93.5 Å². The molecule has 2 amide bonds. The van der Waals surface area contributed by atoms with Crippen LogP contribution >= 0.6 is 0 Å². The van der Waals surface area contributed by atoms with Crippen LogP contribution in [0, 0.1) is 23.0 Å². The SMILES string of the molecule is Cc1cc(NC(=O)c2ccc(N3CCC(C)CC3)c([N+](=O)[O-])c2)ccc1NC(=O)c1ccccc1. The summed E-state index contributed by atoms with van der Waals surface area (Å²) in [6.45, 7) is 5.54. The van der Waals surface area contributed by atoms with Crippen molar-refractivity contribution in [2.75, 3.05) is 28.6 Å². The van der Waals surface area contributed by atoms with Gasteiger partial charge in [0.1, 0.15) is 5.69 Å². The second-order valence-electron chi connectivity index (χ2n) is 8.93. The molecule has 0 unspecified atom stereocenters. The molecule has 1 fully saturated rings. The molecular formula is C27H28N4O4. The Bertz CT molecular complexity index is 1250. The van der Waals surface area contributed by atoms with Gasteiger partial charge in [-0.3, -0.25) is 19.7 Å². The fourth-order valence-electron chi connectivity index (χ4n) is 4.20. The number of piperidine rings is 1. The van der Waals surface area contributed by atoms with Crippen LogP contribution < -0.4 is 15.5 Å². The van der Waals surface area contributed by atoms with Crippen LogP contribution in [0.5, 0.6) is 0 Å². The maximum atomic E-state index is 12.9. The molecule has 1 saturated heterocycles. The molecule has 1 aliphatic rings. The number of rotatable bonds is 6. The fraction of sp³-hybridized carbons (Fsp3) is 0.259. The predicted molar refractivity (Wildman–Crippen MR) is 137 cm³/mol. The molecule has 0 saturated carbocycles. The molecule has 0 aromatic heterocycles. The number of aryl methyl sites for hydroxylation is 1. The third-order valence-electron chi connectivity index (χ3n) is 6.33. The average molecular weight is 473 g/mol. The maximum absolute atomic E-state index is 12.9. The highest BCUT2D eigenvalue weighted by Crippen LogP contribution is 2.32. The lowest BCUT2D eigenvalue weighted by Gasteiger charge is -2.31. The summed E-state index contributed by atoms with van der Waals surface area (Å²) in [5.41, 5.74) is 3.18. The highest BCUT2D eigenvalue weighted by atomic mass is 16.6. The van der Waals surface area contributed by atoms with Gasteiger partial charge in [-0.25, -0.2) is 0 Å².